The molecule has 0 atom stereocenters. The number of benzene rings is 1. The molecule has 98 valence electrons. The number of hydrogen-bond donors (Lipinski definition) is 2. The molecule has 0 radical (unpaired) electrons. The molecule has 0 aliphatic rings. The molecule has 2 rings (SSSR count). The molecular formula is C15H17N3O. The van der Waals surface area contributed by atoms with E-state index in [1.54, 1.807) is 12.1 Å². The van der Waals surface area contributed by atoms with Crippen LogP contribution in [0.25, 0.3) is 6.08 Å². The smallest absolute Gasteiger partial charge is 0.249 e. The molecule has 0 saturated heterocycles. The third-order valence-corrected chi connectivity index (χ3v) is 2.77. The fourth-order valence-electron chi connectivity index (χ4n) is 1.69. The molecule has 0 bridgehead atoms. The highest BCUT2D eigenvalue weighted by molar-refractivity contribution is 6.01. The average molecular weight is 255 g/mol. The van der Waals surface area contributed by atoms with Gasteiger partial charge in [-0.1, -0.05) is 31.2 Å². The van der Waals surface area contributed by atoms with Crippen molar-refractivity contribution in [1.29, 1.82) is 0 Å². The predicted molar refractivity (Wildman–Crippen MR) is 76.8 cm³/mol. The van der Waals surface area contributed by atoms with Crippen molar-refractivity contribution in [2.24, 2.45) is 0 Å². The normalized spacial score (nSPS) is 10.8. The summed E-state index contributed by atoms with van der Waals surface area (Å²) in [5, 5.41) is 9.40. The Bertz CT molecular complexity index is 582. The van der Waals surface area contributed by atoms with Gasteiger partial charge in [0.2, 0.25) is 5.91 Å². The van der Waals surface area contributed by atoms with Crippen LogP contribution >= 0.6 is 0 Å². The van der Waals surface area contributed by atoms with Crippen LogP contribution in [0.4, 0.5) is 5.82 Å². The molecule has 1 aromatic heterocycles. The molecule has 2 aromatic rings. The average Bonchev–Trinajstić information content (AvgIpc) is 2.82. The molecule has 1 heterocycles. The minimum atomic E-state index is -0.189. The molecular weight excluding hydrogens is 238 g/mol. The summed E-state index contributed by atoms with van der Waals surface area (Å²) in [7, 11) is 0. The lowest BCUT2D eigenvalue weighted by Gasteiger charge is -1.98. The first-order valence-corrected chi connectivity index (χ1v) is 6.27. The van der Waals surface area contributed by atoms with E-state index < -0.39 is 0 Å². The lowest BCUT2D eigenvalue weighted by atomic mass is 10.1. The van der Waals surface area contributed by atoms with Crippen LogP contribution < -0.4 is 5.32 Å². The van der Waals surface area contributed by atoms with Crippen molar-refractivity contribution in [2.75, 3.05) is 5.32 Å². The van der Waals surface area contributed by atoms with E-state index in [1.807, 2.05) is 19.1 Å². The number of nitrogens with zero attached hydrogens (tertiary/aromatic N) is 1. The van der Waals surface area contributed by atoms with E-state index in [0.29, 0.717) is 5.82 Å². The Labute approximate surface area is 112 Å². The van der Waals surface area contributed by atoms with Crippen molar-refractivity contribution >= 4 is 17.8 Å². The zero-order chi connectivity index (χ0) is 13.7. The summed E-state index contributed by atoms with van der Waals surface area (Å²) in [6, 6.07) is 9.91. The first-order chi connectivity index (χ1) is 9.17. The second kappa shape index (κ2) is 6.00. The summed E-state index contributed by atoms with van der Waals surface area (Å²) in [6.45, 7) is 4.00. The number of carbonyl (C=O) groups is 1. The van der Waals surface area contributed by atoms with E-state index in [2.05, 4.69) is 34.6 Å². The van der Waals surface area contributed by atoms with Gasteiger partial charge in [-0.15, -0.1) is 0 Å². The molecule has 2 N–H and O–H groups in total. The maximum absolute atomic E-state index is 11.7. The number of aryl methyl sites for hydroxylation is 2. The summed E-state index contributed by atoms with van der Waals surface area (Å²) in [6.07, 6.45) is 4.31. The second-order valence-corrected chi connectivity index (χ2v) is 4.35. The minimum Gasteiger partial charge on any atom is -0.306 e. The summed E-state index contributed by atoms with van der Waals surface area (Å²) < 4.78 is 0. The minimum absolute atomic E-state index is 0.189. The van der Waals surface area contributed by atoms with Crippen molar-refractivity contribution in [3.8, 4) is 0 Å². The second-order valence-electron chi connectivity index (χ2n) is 4.35. The third-order valence-electron chi connectivity index (χ3n) is 2.77. The SMILES string of the molecule is CCc1ccc(C=CC(=O)Nc2cc(C)[nH]n2)cc1. The van der Waals surface area contributed by atoms with E-state index in [9.17, 15) is 4.79 Å². The van der Waals surface area contributed by atoms with Crippen LogP contribution in [0.2, 0.25) is 0 Å². The van der Waals surface area contributed by atoms with E-state index in [4.69, 9.17) is 0 Å². The van der Waals surface area contributed by atoms with E-state index in [0.717, 1.165) is 17.7 Å². The largest absolute Gasteiger partial charge is 0.306 e. The molecule has 19 heavy (non-hydrogen) atoms. The van der Waals surface area contributed by atoms with Crippen LogP contribution in [0.1, 0.15) is 23.7 Å². The van der Waals surface area contributed by atoms with Gasteiger partial charge in [-0.05, 0) is 30.5 Å². The quantitative estimate of drug-likeness (QED) is 0.825. The molecule has 4 nitrogen and oxygen atoms in total. The van der Waals surface area contributed by atoms with Crippen LogP contribution in [-0.2, 0) is 11.2 Å². The number of carbonyl (C=O) groups excluding carboxylic acids is 1. The Morgan fingerprint density at radius 2 is 2.11 bits per heavy atom. The van der Waals surface area contributed by atoms with Crippen LogP contribution in [0.15, 0.2) is 36.4 Å². The number of anilines is 1. The van der Waals surface area contributed by atoms with Gasteiger partial charge in [0.05, 0.1) is 0 Å². The Hall–Kier alpha value is -2.36. The lowest BCUT2D eigenvalue weighted by Crippen LogP contribution is -2.07. The standard InChI is InChI=1S/C15H17N3O/c1-3-12-4-6-13(7-5-12)8-9-15(19)16-14-10-11(2)17-18-14/h4-10H,3H2,1-2H3,(H2,16,17,18,19). The van der Waals surface area contributed by atoms with E-state index in [1.165, 1.54) is 11.6 Å². The van der Waals surface area contributed by atoms with Gasteiger partial charge in [-0.2, -0.15) is 5.10 Å². The number of nitrogens with one attached hydrogen (secondary N) is 2. The van der Waals surface area contributed by atoms with Crippen LogP contribution in [-0.4, -0.2) is 16.1 Å². The zero-order valence-corrected chi connectivity index (χ0v) is 11.1. The van der Waals surface area contributed by atoms with Crippen molar-refractivity contribution in [3.05, 3.63) is 53.2 Å². The fourth-order valence-corrected chi connectivity index (χ4v) is 1.69. The van der Waals surface area contributed by atoms with Gasteiger partial charge in [-0.3, -0.25) is 9.89 Å². The Balaban J connectivity index is 1.95. The van der Waals surface area contributed by atoms with E-state index in [-0.39, 0.29) is 5.91 Å². The number of aromatic nitrogens is 2. The molecule has 4 heteroatoms. The summed E-state index contributed by atoms with van der Waals surface area (Å²) >= 11 is 0. The van der Waals surface area contributed by atoms with Gasteiger partial charge in [0, 0.05) is 17.8 Å². The Kier molecular flexibility index (Phi) is 4.13. The van der Waals surface area contributed by atoms with Crippen molar-refractivity contribution in [2.45, 2.75) is 20.3 Å². The van der Waals surface area contributed by atoms with Crippen molar-refractivity contribution in [1.82, 2.24) is 10.2 Å². The first-order valence-electron chi connectivity index (χ1n) is 6.27. The molecule has 0 saturated carbocycles. The third kappa shape index (κ3) is 3.81. The highest BCUT2D eigenvalue weighted by Gasteiger charge is 2.00. The Morgan fingerprint density at radius 3 is 2.68 bits per heavy atom. The summed E-state index contributed by atoms with van der Waals surface area (Å²) in [5.74, 6) is 0.347. The molecule has 0 unspecified atom stereocenters. The predicted octanol–water partition coefficient (Wildman–Crippen LogP) is 2.93. The number of rotatable bonds is 4. The highest BCUT2D eigenvalue weighted by atomic mass is 16.1. The fraction of sp³-hybridized carbons (Fsp3) is 0.200. The number of hydrogen-bond acceptors (Lipinski definition) is 2. The molecule has 0 aliphatic heterocycles. The van der Waals surface area contributed by atoms with Gasteiger partial charge < -0.3 is 5.32 Å². The number of aromatic amines is 1. The number of amides is 1. The molecule has 0 spiro atoms. The monoisotopic (exact) mass is 255 g/mol. The van der Waals surface area contributed by atoms with Crippen molar-refractivity contribution in [3.63, 3.8) is 0 Å². The molecule has 1 amide bonds. The van der Waals surface area contributed by atoms with Gasteiger partial charge in [-0.25, -0.2) is 0 Å². The number of H-pyrrole nitrogens is 1. The van der Waals surface area contributed by atoms with Gasteiger partial charge >= 0.3 is 0 Å². The highest BCUT2D eigenvalue weighted by Crippen LogP contribution is 2.07. The van der Waals surface area contributed by atoms with Crippen molar-refractivity contribution < 1.29 is 4.79 Å². The van der Waals surface area contributed by atoms with E-state index >= 15 is 0 Å². The first kappa shape index (κ1) is 13.1. The summed E-state index contributed by atoms with van der Waals surface area (Å²) in [5.41, 5.74) is 3.20. The Morgan fingerprint density at radius 1 is 1.37 bits per heavy atom. The van der Waals surface area contributed by atoms with Crippen LogP contribution in [0.3, 0.4) is 0 Å². The molecule has 0 fully saturated rings. The lowest BCUT2D eigenvalue weighted by molar-refractivity contribution is -0.111. The molecule has 0 aliphatic carbocycles. The van der Waals surface area contributed by atoms with Gasteiger partial charge in [0.25, 0.3) is 0 Å². The maximum atomic E-state index is 11.7. The van der Waals surface area contributed by atoms with Gasteiger partial charge in [0.1, 0.15) is 0 Å². The van der Waals surface area contributed by atoms with Crippen LogP contribution in [0, 0.1) is 6.92 Å². The van der Waals surface area contributed by atoms with Crippen LogP contribution in [0.5, 0.6) is 0 Å². The zero-order valence-electron chi connectivity index (χ0n) is 11.1. The van der Waals surface area contributed by atoms with Gasteiger partial charge in [0.15, 0.2) is 5.82 Å². The summed E-state index contributed by atoms with van der Waals surface area (Å²) in [4.78, 5) is 11.7. The maximum Gasteiger partial charge on any atom is 0.249 e. The topological polar surface area (TPSA) is 57.8 Å². The molecule has 1 aromatic carbocycles.